The lowest BCUT2D eigenvalue weighted by Crippen LogP contribution is -2.50. The molecule has 0 bridgehead atoms. The van der Waals surface area contributed by atoms with Crippen molar-refractivity contribution in [2.24, 2.45) is 0 Å². The Hall–Kier alpha value is -1.11. The quantitative estimate of drug-likeness (QED) is 0.782. The number of halogens is 1. The maximum atomic E-state index is 12.2. The summed E-state index contributed by atoms with van der Waals surface area (Å²) in [4.78, 5) is 13.8. The molecule has 1 fully saturated rings. The summed E-state index contributed by atoms with van der Waals surface area (Å²) in [5.74, 6) is -0.0662. The first-order chi connectivity index (χ1) is 9.04. The molecular weight excluding hydrogens is 288 g/mol. The number of rotatable bonds is 3. The van der Waals surface area contributed by atoms with E-state index in [1.807, 2.05) is 6.07 Å². The monoisotopic (exact) mass is 302 g/mol. The third-order valence-corrected chi connectivity index (χ3v) is 5.33. The topological polar surface area (TPSA) is 57.7 Å². The van der Waals surface area contributed by atoms with Crippen LogP contribution in [-0.4, -0.2) is 54.9 Å². The van der Waals surface area contributed by atoms with E-state index in [4.69, 9.17) is 11.6 Å². The van der Waals surface area contributed by atoms with Crippen LogP contribution in [0.2, 0.25) is 0 Å². The number of sulfonamides is 1. The number of carbonyl (C=O) groups is 1. The first-order valence-electron chi connectivity index (χ1n) is 5.93. The van der Waals surface area contributed by atoms with E-state index < -0.39 is 15.2 Å². The van der Waals surface area contributed by atoms with Crippen molar-refractivity contribution in [2.75, 3.05) is 31.4 Å². The van der Waals surface area contributed by atoms with Crippen LogP contribution < -0.4 is 0 Å². The molecule has 0 saturated carbocycles. The fourth-order valence-corrected chi connectivity index (χ4v) is 3.27. The van der Waals surface area contributed by atoms with Gasteiger partial charge < -0.3 is 4.90 Å². The maximum absolute atomic E-state index is 12.2. The van der Waals surface area contributed by atoms with Crippen molar-refractivity contribution in [3.05, 3.63) is 35.9 Å². The molecule has 0 spiro atoms. The van der Waals surface area contributed by atoms with Crippen LogP contribution in [0.15, 0.2) is 30.3 Å². The summed E-state index contributed by atoms with van der Waals surface area (Å²) in [5, 5.41) is -0.417. The molecule has 0 aliphatic carbocycles. The number of piperazine rings is 1. The summed E-state index contributed by atoms with van der Waals surface area (Å²) in [6.45, 7) is 1.38. The molecule has 0 radical (unpaired) electrons. The lowest BCUT2D eigenvalue weighted by molar-refractivity contribution is 0.0698. The van der Waals surface area contributed by atoms with Crippen LogP contribution in [0, 0.1) is 0 Å². The van der Waals surface area contributed by atoms with Gasteiger partial charge in [-0.2, -0.15) is 4.31 Å². The SMILES string of the molecule is O=C(c1ccccc1)N1CCN(S(=O)(=O)CCl)CC1. The van der Waals surface area contributed by atoms with E-state index in [1.165, 1.54) is 4.31 Å². The third kappa shape index (κ3) is 3.26. The van der Waals surface area contributed by atoms with Crippen molar-refractivity contribution in [1.29, 1.82) is 0 Å². The van der Waals surface area contributed by atoms with E-state index in [0.717, 1.165) is 0 Å². The Kier molecular flexibility index (Phi) is 4.44. The molecule has 1 heterocycles. The van der Waals surface area contributed by atoms with Crippen LogP contribution in [0.4, 0.5) is 0 Å². The highest BCUT2D eigenvalue weighted by Crippen LogP contribution is 2.12. The van der Waals surface area contributed by atoms with Crippen LogP contribution in [0.1, 0.15) is 10.4 Å². The number of hydrogen-bond acceptors (Lipinski definition) is 3. The van der Waals surface area contributed by atoms with E-state index in [2.05, 4.69) is 0 Å². The van der Waals surface area contributed by atoms with E-state index in [0.29, 0.717) is 31.7 Å². The van der Waals surface area contributed by atoms with Gasteiger partial charge in [-0.1, -0.05) is 18.2 Å². The van der Waals surface area contributed by atoms with Crippen molar-refractivity contribution in [1.82, 2.24) is 9.21 Å². The van der Waals surface area contributed by atoms with Crippen molar-refractivity contribution in [3.8, 4) is 0 Å². The molecule has 2 rings (SSSR count). The van der Waals surface area contributed by atoms with Crippen molar-refractivity contribution >= 4 is 27.5 Å². The fourth-order valence-electron chi connectivity index (χ4n) is 2.00. The molecule has 0 N–H and O–H groups in total. The number of benzene rings is 1. The Morgan fingerprint density at radius 2 is 1.68 bits per heavy atom. The molecule has 0 atom stereocenters. The van der Waals surface area contributed by atoms with Crippen molar-refractivity contribution in [2.45, 2.75) is 0 Å². The predicted molar refractivity (Wildman–Crippen MR) is 73.6 cm³/mol. The molecule has 1 aliphatic rings. The third-order valence-electron chi connectivity index (χ3n) is 3.08. The fraction of sp³-hybridized carbons (Fsp3) is 0.417. The maximum Gasteiger partial charge on any atom is 0.253 e. The van der Waals surface area contributed by atoms with Gasteiger partial charge in [0.1, 0.15) is 5.21 Å². The summed E-state index contributed by atoms with van der Waals surface area (Å²) >= 11 is 5.41. The van der Waals surface area contributed by atoms with Gasteiger partial charge in [0, 0.05) is 31.7 Å². The summed E-state index contributed by atoms with van der Waals surface area (Å²) < 4.78 is 24.5. The summed E-state index contributed by atoms with van der Waals surface area (Å²) in [5.41, 5.74) is 0.621. The molecule has 5 nitrogen and oxygen atoms in total. The van der Waals surface area contributed by atoms with Gasteiger partial charge in [-0.3, -0.25) is 4.79 Å². The second-order valence-electron chi connectivity index (χ2n) is 4.28. The molecule has 19 heavy (non-hydrogen) atoms. The van der Waals surface area contributed by atoms with E-state index in [1.54, 1.807) is 29.2 Å². The molecule has 1 aliphatic heterocycles. The summed E-state index contributed by atoms with van der Waals surface area (Å²) in [6.07, 6.45) is 0. The lowest BCUT2D eigenvalue weighted by Gasteiger charge is -2.33. The molecule has 7 heteroatoms. The largest absolute Gasteiger partial charge is 0.336 e. The zero-order valence-corrected chi connectivity index (χ0v) is 11.9. The van der Waals surface area contributed by atoms with Gasteiger partial charge in [-0.15, -0.1) is 11.6 Å². The summed E-state index contributed by atoms with van der Waals surface area (Å²) in [6, 6.07) is 8.97. The Bertz CT molecular complexity index is 539. The number of carbonyl (C=O) groups excluding carboxylic acids is 1. The molecule has 1 amide bonds. The van der Waals surface area contributed by atoms with Gasteiger partial charge in [-0.25, -0.2) is 8.42 Å². The highest BCUT2D eigenvalue weighted by Gasteiger charge is 2.28. The number of nitrogens with zero attached hydrogens (tertiary/aromatic N) is 2. The van der Waals surface area contributed by atoms with Gasteiger partial charge >= 0.3 is 0 Å². The van der Waals surface area contributed by atoms with Crippen LogP contribution >= 0.6 is 11.6 Å². The first kappa shape index (κ1) is 14.3. The Balaban J connectivity index is 1.99. The van der Waals surface area contributed by atoms with Gasteiger partial charge in [0.25, 0.3) is 5.91 Å². The number of amides is 1. The zero-order chi connectivity index (χ0) is 13.9. The average Bonchev–Trinajstić information content (AvgIpc) is 2.47. The molecule has 0 unspecified atom stereocenters. The second kappa shape index (κ2) is 5.90. The standard InChI is InChI=1S/C12H15ClN2O3S/c13-10-19(17,18)15-8-6-14(7-9-15)12(16)11-4-2-1-3-5-11/h1-5H,6-10H2. The molecule has 1 aromatic carbocycles. The van der Waals surface area contributed by atoms with E-state index in [-0.39, 0.29) is 5.91 Å². The minimum Gasteiger partial charge on any atom is -0.336 e. The average molecular weight is 303 g/mol. The van der Waals surface area contributed by atoms with Gasteiger partial charge in [0.2, 0.25) is 10.0 Å². The molecule has 1 saturated heterocycles. The highest BCUT2D eigenvalue weighted by atomic mass is 35.5. The van der Waals surface area contributed by atoms with Crippen LogP contribution in [0.5, 0.6) is 0 Å². The Morgan fingerprint density at radius 1 is 1.11 bits per heavy atom. The van der Waals surface area contributed by atoms with Crippen LogP contribution in [-0.2, 0) is 10.0 Å². The van der Waals surface area contributed by atoms with Crippen LogP contribution in [0.3, 0.4) is 0 Å². The highest BCUT2D eigenvalue weighted by molar-refractivity contribution is 7.90. The van der Waals surface area contributed by atoms with Gasteiger partial charge in [0.15, 0.2) is 0 Å². The van der Waals surface area contributed by atoms with Gasteiger partial charge in [0.05, 0.1) is 0 Å². The normalized spacial score (nSPS) is 17.4. The number of alkyl halides is 1. The minimum absolute atomic E-state index is 0.0662. The summed E-state index contributed by atoms with van der Waals surface area (Å²) in [7, 11) is -3.37. The lowest BCUT2D eigenvalue weighted by atomic mass is 10.2. The van der Waals surface area contributed by atoms with Crippen molar-refractivity contribution in [3.63, 3.8) is 0 Å². The number of hydrogen-bond donors (Lipinski definition) is 0. The predicted octanol–water partition coefficient (Wildman–Crippen LogP) is 0.971. The molecule has 1 aromatic rings. The molecule has 104 valence electrons. The molecular formula is C12H15ClN2O3S. The van der Waals surface area contributed by atoms with E-state index in [9.17, 15) is 13.2 Å². The zero-order valence-electron chi connectivity index (χ0n) is 10.3. The first-order valence-corrected chi connectivity index (χ1v) is 8.07. The smallest absolute Gasteiger partial charge is 0.253 e. The Labute approximate surface area is 117 Å². The van der Waals surface area contributed by atoms with E-state index >= 15 is 0 Å². The molecule has 0 aromatic heterocycles. The van der Waals surface area contributed by atoms with Crippen LogP contribution in [0.25, 0.3) is 0 Å². The minimum atomic E-state index is -3.37. The second-order valence-corrected chi connectivity index (χ2v) is 6.83. The Morgan fingerprint density at radius 3 is 2.21 bits per heavy atom. The van der Waals surface area contributed by atoms with Gasteiger partial charge in [-0.05, 0) is 12.1 Å². The van der Waals surface area contributed by atoms with Crippen molar-refractivity contribution < 1.29 is 13.2 Å².